The Hall–Kier alpha value is -3.45. The Morgan fingerprint density at radius 2 is 1.90 bits per heavy atom. The molecular weight excluding hydrogens is 392 g/mol. The topological polar surface area (TPSA) is 71.7 Å². The molecule has 1 saturated heterocycles. The molecule has 1 aliphatic rings. The highest BCUT2D eigenvalue weighted by Gasteiger charge is 2.21. The van der Waals surface area contributed by atoms with Crippen molar-refractivity contribution < 1.29 is 14.1 Å². The molecule has 0 atom stereocenters. The molecule has 1 amide bonds. The third-order valence-electron chi connectivity index (χ3n) is 5.32. The summed E-state index contributed by atoms with van der Waals surface area (Å²) in [6, 6.07) is 15.7. The predicted molar refractivity (Wildman–Crippen MR) is 118 cm³/mol. The Bertz CT molecular complexity index is 1050. The third-order valence-corrected chi connectivity index (χ3v) is 5.32. The van der Waals surface area contributed by atoms with Gasteiger partial charge in [-0.15, -0.1) is 0 Å². The lowest BCUT2D eigenvalue weighted by molar-refractivity contribution is -0.127. The van der Waals surface area contributed by atoms with E-state index in [1.165, 1.54) is 5.56 Å². The van der Waals surface area contributed by atoms with Gasteiger partial charge in [-0.3, -0.25) is 9.69 Å². The maximum atomic E-state index is 12.5. The van der Waals surface area contributed by atoms with E-state index in [1.54, 1.807) is 13.2 Å². The lowest BCUT2D eigenvalue weighted by Crippen LogP contribution is -2.47. The molecule has 0 unspecified atom stereocenters. The molecule has 1 aliphatic heterocycles. The second kappa shape index (κ2) is 9.57. The summed E-state index contributed by atoms with van der Waals surface area (Å²) >= 11 is 0. The van der Waals surface area contributed by atoms with Gasteiger partial charge in [0.15, 0.2) is 0 Å². The summed E-state index contributed by atoms with van der Waals surface area (Å²) in [6.07, 6.45) is 3.53. The van der Waals surface area contributed by atoms with Gasteiger partial charge in [0, 0.05) is 37.8 Å². The first-order valence-electron chi connectivity index (χ1n) is 10.3. The van der Waals surface area contributed by atoms with Gasteiger partial charge in [-0.05, 0) is 42.8 Å². The molecule has 1 fully saturated rings. The van der Waals surface area contributed by atoms with Crippen LogP contribution in [0.25, 0.3) is 17.5 Å². The van der Waals surface area contributed by atoms with Crippen LogP contribution in [-0.2, 0) is 11.3 Å². The molecule has 4 rings (SSSR count). The van der Waals surface area contributed by atoms with Crippen LogP contribution < -0.4 is 4.74 Å². The third kappa shape index (κ3) is 5.38. The van der Waals surface area contributed by atoms with Crippen LogP contribution in [-0.4, -0.2) is 59.1 Å². The molecule has 0 N–H and O–H groups in total. The Morgan fingerprint density at radius 3 is 2.61 bits per heavy atom. The van der Waals surface area contributed by atoms with Gasteiger partial charge < -0.3 is 14.2 Å². The van der Waals surface area contributed by atoms with Crippen molar-refractivity contribution in [2.75, 3.05) is 33.3 Å². The Labute approximate surface area is 181 Å². The van der Waals surface area contributed by atoms with E-state index in [9.17, 15) is 4.79 Å². The van der Waals surface area contributed by atoms with Crippen molar-refractivity contribution in [2.45, 2.75) is 13.5 Å². The number of ether oxygens (including phenoxy) is 1. The van der Waals surface area contributed by atoms with Gasteiger partial charge in [0.2, 0.25) is 17.6 Å². The summed E-state index contributed by atoms with van der Waals surface area (Å²) in [4.78, 5) is 21.1. The maximum absolute atomic E-state index is 12.5. The molecular formula is C24H26N4O3. The maximum Gasteiger partial charge on any atom is 0.246 e. The first kappa shape index (κ1) is 20.8. The molecule has 0 bridgehead atoms. The number of methoxy groups -OCH3 is 1. The van der Waals surface area contributed by atoms with Crippen molar-refractivity contribution in [2.24, 2.45) is 0 Å². The summed E-state index contributed by atoms with van der Waals surface area (Å²) < 4.78 is 10.6. The van der Waals surface area contributed by atoms with E-state index in [0.29, 0.717) is 31.3 Å². The number of piperazine rings is 1. The highest BCUT2D eigenvalue weighted by Crippen LogP contribution is 2.20. The Balaban J connectivity index is 1.28. The predicted octanol–water partition coefficient (Wildman–Crippen LogP) is 3.41. The van der Waals surface area contributed by atoms with E-state index in [1.807, 2.05) is 60.4 Å². The van der Waals surface area contributed by atoms with E-state index >= 15 is 0 Å². The number of aryl methyl sites for hydroxylation is 1. The SMILES string of the molecule is COc1ccc(-c2noc(CN3CCN(C(=O)C=Cc4cccc(C)c4)CC3)n2)cc1. The van der Waals surface area contributed by atoms with Crippen LogP contribution >= 0.6 is 0 Å². The summed E-state index contributed by atoms with van der Waals surface area (Å²) in [7, 11) is 1.63. The molecule has 3 aromatic rings. The Kier molecular flexibility index (Phi) is 6.43. The number of carbonyl (C=O) groups is 1. The second-order valence-corrected chi connectivity index (χ2v) is 7.59. The van der Waals surface area contributed by atoms with Crippen LogP contribution in [0.4, 0.5) is 0 Å². The van der Waals surface area contributed by atoms with Crippen LogP contribution in [0.1, 0.15) is 17.0 Å². The van der Waals surface area contributed by atoms with Gasteiger partial charge in [-0.1, -0.05) is 35.0 Å². The molecule has 0 radical (unpaired) electrons. The fourth-order valence-electron chi connectivity index (χ4n) is 3.54. The first-order valence-corrected chi connectivity index (χ1v) is 10.3. The number of nitrogens with zero attached hydrogens (tertiary/aromatic N) is 4. The van der Waals surface area contributed by atoms with Crippen molar-refractivity contribution in [3.8, 4) is 17.1 Å². The van der Waals surface area contributed by atoms with Crippen molar-refractivity contribution in [1.29, 1.82) is 0 Å². The normalized spacial score (nSPS) is 14.8. The summed E-state index contributed by atoms with van der Waals surface area (Å²) in [5.41, 5.74) is 3.10. The van der Waals surface area contributed by atoms with Gasteiger partial charge in [-0.2, -0.15) is 4.98 Å². The van der Waals surface area contributed by atoms with Crippen LogP contribution in [0.3, 0.4) is 0 Å². The molecule has 2 heterocycles. The molecule has 2 aromatic carbocycles. The number of benzene rings is 2. The van der Waals surface area contributed by atoms with E-state index < -0.39 is 0 Å². The molecule has 0 aliphatic carbocycles. The monoisotopic (exact) mass is 418 g/mol. The molecule has 0 saturated carbocycles. The smallest absolute Gasteiger partial charge is 0.246 e. The number of amides is 1. The average Bonchev–Trinajstić information content (AvgIpc) is 3.26. The van der Waals surface area contributed by atoms with Crippen molar-refractivity contribution in [3.63, 3.8) is 0 Å². The Morgan fingerprint density at radius 1 is 1.13 bits per heavy atom. The second-order valence-electron chi connectivity index (χ2n) is 7.59. The zero-order valence-electron chi connectivity index (χ0n) is 17.8. The van der Waals surface area contributed by atoms with Gasteiger partial charge in [0.1, 0.15) is 5.75 Å². The highest BCUT2D eigenvalue weighted by atomic mass is 16.5. The standard InChI is InChI=1S/C24H26N4O3/c1-18-4-3-5-19(16-18)6-11-23(29)28-14-12-27(13-15-28)17-22-25-24(26-31-22)20-7-9-21(30-2)10-8-20/h3-11,16H,12-15,17H2,1-2H3. The molecule has 160 valence electrons. The van der Waals surface area contributed by atoms with Gasteiger partial charge in [0.25, 0.3) is 0 Å². The summed E-state index contributed by atoms with van der Waals surface area (Å²) in [6.45, 7) is 5.51. The van der Waals surface area contributed by atoms with Crippen molar-refractivity contribution in [1.82, 2.24) is 19.9 Å². The number of carbonyl (C=O) groups excluding carboxylic acids is 1. The molecule has 31 heavy (non-hydrogen) atoms. The highest BCUT2D eigenvalue weighted by molar-refractivity contribution is 5.91. The average molecular weight is 418 g/mol. The number of hydrogen-bond donors (Lipinski definition) is 0. The van der Waals surface area contributed by atoms with Crippen molar-refractivity contribution in [3.05, 3.63) is 71.6 Å². The van der Waals surface area contributed by atoms with Crippen LogP contribution in [0.2, 0.25) is 0 Å². The molecule has 7 nitrogen and oxygen atoms in total. The van der Waals surface area contributed by atoms with Crippen LogP contribution in [0.5, 0.6) is 5.75 Å². The summed E-state index contributed by atoms with van der Waals surface area (Å²) in [5.74, 6) is 1.96. The van der Waals surface area contributed by atoms with Gasteiger partial charge in [0.05, 0.1) is 13.7 Å². The largest absolute Gasteiger partial charge is 0.497 e. The minimum Gasteiger partial charge on any atom is -0.497 e. The van der Waals surface area contributed by atoms with Crippen LogP contribution in [0, 0.1) is 6.92 Å². The zero-order chi connectivity index (χ0) is 21.6. The number of aromatic nitrogens is 2. The first-order chi connectivity index (χ1) is 15.1. The lowest BCUT2D eigenvalue weighted by atomic mass is 10.1. The van der Waals surface area contributed by atoms with E-state index in [0.717, 1.165) is 30.0 Å². The fraction of sp³-hybridized carbons (Fsp3) is 0.292. The number of hydrogen-bond acceptors (Lipinski definition) is 6. The molecule has 1 aromatic heterocycles. The quantitative estimate of drug-likeness (QED) is 0.572. The van der Waals surface area contributed by atoms with E-state index in [2.05, 4.69) is 21.1 Å². The molecule has 7 heteroatoms. The summed E-state index contributed by atoms with van der Waals surface area (Å²) in [5, 5.41) is 4.08. The molecule has 0 spiro atoms. The van der Waals surface area contributed by atoms with E-state index in [4.69, 9.17) is 9.26 Å². The minimum absolute atomic E-state index is 0.0424. The van der Waals surface area contributed by atoms with Crippen LogP contribution in [0.15, 0.2) is 59.1 Å². The van der Waals surface area contributed by atoms with Crippen molar-refractivity contribution >= 4 is 12.0 Å². The lowest BCUT2D eigenvalue weighted by Gasteiger charge is -2.33. The van der Waals surface area contributed by atoms with Gasteiger partial charge in [-0.25, -0.2) is 0 Å². The van der Waals surface area contributed by atoms with Gasteiger partial charge >= 0.3 is 0 Å². The fourth-order valence-corrected chi connectivity index (χ4v) is 3.54. The minimum atomic E-state index is 0.0424. The van der Waals surface area contributed by atoms with E-state index in [-0.39, 0.29) is 5.91 Å². The number of rotatable bonds is 6. The zero-order valence-corrected chi connectivity index (χ0v) is 17.8.